The van der Waals surface area contributed by atoms with Crippen molar-refractivity contribution < 1.29 is 14.4 Å². The van der Waals surface area contributed by atoms with Gasteiger partial charge < -0.3 is 10.2 Å². The van der Waals surface area contributed by atoms with Gasteiger partial charge in [0.15, 0.2) is 5.78 Å². The van der Waals surface area contributed by atoms with E-state index in [0.29, 0.717) is 29.4 Å². The molecule has 136 valence electrons. The molecule has 0 bridgehead atoms. The quantitative estimate of drug-likeness (QED) is 0.749. The minimum atomic E-state index is -0.192. The maximum Gasteiger partial charge on any atom is 0.226 e. The Hall–Kier alpha value is -2.66. The molecule has 2 aromatic carbocycles. The molecule has 0 aromatic heterocycles. The average molecular weight is 373 g/mol. The molecular formula is C20H21ClN2O3. The summed E-state index contributed by atoms with van der Waals surface area (Å²) in [7, 11) is 0. The van der Waals surface area contributed by atoms with Crippen LogP contribution >= 0.6 is 11.6 Å². The van der Waals surface area contributed by atoms with E-state index < -0.39 is 0 Å². The van der Waals surface area contributed by atoms with Crippen LogP contribution in [0.2, 0.25) is 5.02 Å². The van der Waals surface area contributed by atoms with Crippen LogP contribution in [0.1, 0.15) is 36.2 Å². The van der Waals surface area contributed by atoms with Gasteiger partial charge in [0, 0.05) is 42.7 Å². The number of nitrogens with one attached hydrogen (secondary N) is 1. The fourth-order valence-corrected chi connectivity index (χ4v) is 2.53. The summed E-state index contributed by atoms with van der Waals surface area (Å²) < 4.78 is 0. The number of anilines is 1. The lowest BCUT2D eigenvalue weighted by Gasteiger charge is -2.21. The predicted molar refractivity (Wildman–Crippen MR) is 102 cm³/mol. The van der Waals surface area contributed by atoms with Gasteiger partial charge in [0.25, 0.3) is 0 Å². The zero-order valence-electron chi connectivity index (χ0n) is 14.8. The fourth-order valence-electron chi connectivity index (χ4n) is 2.41. The molecule has 0 saturated heterocycles. The van der Waals surface area contributed by atoms with Crippen LogP contribution in [0.3, 0.4) is 0 Å². The van der Waals surface area contributed by atoms with E-state index in [4.69, 9.17) is 11.6 Å². The minimum absolute atomic E-state index is 0.0258. The topological polar surface area (TPSA) is 66.5 Å². The Kier molecular flexibility index (Phi) is 6.92. The second kappa shape index (κ2) is 9.15. The van der Waals surface area contributed by atoms with Crippen LogP contribution in [-0.2, 0) is 16.1 Å². The van der Waals surface area contributed by atoms with E-state index in [9.17, 15) is 14.4 Å². The van der Waals surface area contributed by atoms with Crippen LogP contribution in [0.25, 0.3) is 0 Å². The third-order valence-electron chi connectivity index (χ3n) is 3.92. The van der Waals surface area contributed by atoms with E-state index >= 15 is 0 Å². The third-order valence-corrected chi connectivity index (χ3v) is 4.17. The summed E-state index contributed by atoms with van der Waals surface area (Å²) in [6.45, 7) is 3.71. The van der Waals surface area contributed by atoms with Crippen LogP contribution in [0, 0.1) is 0 Å². The van der Waals surface area contributed by atoms with Gasteiger partial charge in [-0.05, 0) is 48.9 Å². The predicted octanol–water partition coefficient (Wildman–Crippen LogP) is 3.92. The molecular weight excluding hydrogens is 352 g/mol. The second-order valence-electron chi connectivity index (χ2n) is 6.00. The number of rotatable bonds is 7. The largest absolute Gasteiger partial charge is 0.338 e. The lowest BCUT2D eigenvalue weighted by atomic mass is 10.1. The molecule has 0 fully saturated rings. The van der Waals surface area contributed by atoms with Crippen LogP contribution in [0.15, 0.2) is 48.5 Å². The molecule has 2 amide bonds. The molecule has 0 aliphatic heterocycles. The number of ketones is 1. The summed E-state index contributed by atoms with van der Waals surface area (Å²) in [5.41, 5.74) is 2.16. The highest BCUT2D eigenvalue weighted by Crippen LogP contribution is 2.13. The molecule has 5 nitrogen and oxygen atoms in total. The maximum atomic E-state index is 12.1. The molecule has 0 aliphatic carbocycles. The first kappa shape index (κ1) is 19.7. The van der Waals surface area contributed by atoms with E-state index in [1.807, 2.05) is 12.1 Å². The minimum Gasteiger partial charge on any atom is -0.338 e. The Morgan fingerprint density at radius 2 is 1.58 bits per heavy atom. The van der Waals surface area contributed by atoms with Crippen molar-refractivity contribution in [2.75, 3.05) is 11.9 Å². The van der Waals surface area contributed by atoms with Gasteiger partial charge in [0.05, 0.1) is 0 Å². The summed E-state index contributed by atoms with van der Waals surface area (Å²) in [4.78, 5) is 36.8. The maximum absolute atomic E-state index is 12.1. The SMILES string of the molecule is CC(=O)c1ccc(NC(=O)CCN(Cc2ccc(Cl)cc2)C(C)=O)cc1. The number of amides is 2. The van der Waals surface area contributed by atoms with Gasteiger partial charge >= 0.3 is 0 Å². The first-order chi connectivity index (χ1) is 12.3. The summed E-state index contributed by atoms with van der Waals surface area (Å²) in [5.74, 6) is -0.316. The van der Waals surface area contributed by atoms with Crippen molar-refractivity contribution in [3.8, 4) is 0 Å². The normalized spacial score (nSPS) is 10.3. The van der Waals surface area contributed by atoms with Gasteiger partial charge in [-0.2, -0.15) is 0 Å². The number of benzene rings is 2. The van der Waals surface area contributed by atoms with Gasteiger partial charge in [0.1, 0.15) is 0 Å². The smallest absolute Gasteiger partial charge is 0.226 e. The van der Waals surface area contributed by atoms with Gasteiger partial charge in [-0.15, -0.1) is 0 Å². The number of hydrogen-bond acceptors (Lipinski definition) is 3. The van der Waals surface area contributed by atoms with E-state index in [0.717, 1.165) is 5.56 Å². The molecule has 2 rings (SSSR count). The molecule has 0 heterocycles. The van der Waals surface area contributed by atoms with Crippen LogP contribution < -0.4 is 5.32 Å². The number of carbonyl (C=O) groups excluding carboxylic acids is 3. The van der Waals surface area contributed by atoms with Crippen molar-refractivity contribution in [2.45, 2.75) is 26.8 Å². The molecule has 0 radical (unpaired) electrons. The summed E-state index contributed by atoms with van der Waals surface area (Å²) in [5, 5.41) is 3.41. The zero-order chi connectivity index (χ0) is 19.1. The molecule has 0 spiro atoms. The summed E-state index contributed by atoms with van der Waals surface area (Å²) in [6.07, 6.45) is 0.182. The number of nitrogens with zero attached hydrogens (tertiary/aromatic N) is 1. The average Bonchev–Trinajstić information content (AvgIpc) is 2.60. The first-order valence-electron chi connectivity index (χ1n) is 8.26. The van der Waals surface area contributed by atoms with Crippen LogP contribution in [0.5, 0.6) is 0 Å². The highest BCUT2D eigenvalue weighted by Gasteiger charge is 2.12. The van der Waals surface area contributed by atoms with Gasteiger partial charge in [-0.1, -0.05) is 23.7 Å². The van der Waals surface area contributed by atoms with Crippen molar-refractivity contribution >= 4 is 34.9 Å². The molecule has 6 heteroatoms. The van der Waals surface area contributed by atoms with Crippen molar-refractivity contribution in [3.05, 3.63) is 64.7 Å². The molecule has 2 aromatic rings. The van der Waals surface area contributed by atoms with Crippen molar-refractivity contribution in [2.24, 2.45) is 0 Å². The fraction of sp³-hybridized carbons (Fsp3) is 0.250. The lowest BCUT2D eigenvalue weighted by Crippen LogP contribution is -2.31. The Morgan fingerprint density at radius 3 is 2.12 bits per heavy atom. The van der Waals surface area contributed by atoms with Gasteiger partial charge in [0.2, 0.25) is 11.8 Å². The van der Waals surface area contributed by atoms with Crippen molar-refractivity contribution in [1.82, 2.24) is 4.90 Å². The molecule has 0 saturated carbocycles. The van der Waals surface area contributed by atoms with Crippen molar-refractivity contribution in [1.29, 1.82) is 0 Å². The Morgan fingerprint density at radius 1 is 0.962 bits per heavy atom. The van der Waals surface area contributed by atoms with Crippen LogP contribution in [0.4, 0.5) is 5.69 Å². The van der Waals surface area contributed by atoms with Crippen molar-refractivity contribution in [3.63, 3.8) is 0 Å². The highest BCUT2D eigenvalue weighted by atomic mass is 35.5. The van der Waals surface area contributed by atoms with Crippen LogP contribution in [-0.4, -0.2) is 29.0 Å². The van der Waals surface area contributed by atoms with Gasteiger partial charge in [-0.25, -0.2) is 0 Å². The molecule has 1 N–H and O–H groups in total. The second-order valence-corrected chi connectivity index (χ2v) is 6.44. The van der Waals surface area contributed by atoms with E-state index in [1.54, 1.807) is 41.3 Å². The Labute approximate surface area is 158 Å². The zero-order valence-corrected chi connectivity index (χ0v) is 15.5. The molecule has 0 atom stereocenters. The summed E-state index contributed by atoms with van der Waals surface area (Å²) in [6, 6.07) is 14.0. The molecule has 26 heavy (non-hydrogen) atoms. The highest BCUT2D eigenvalue weighted by molar-refractivity contribution is 6.30. The third kappa shape index (κ3) is 6.01. The number of carbonyl (C=O) groups is 3. The number of Topliss-reactive ketones (excluding diaryl/α,β-unsaturated/α-hetero) is 1. The van der Waals surface area contributed by atoms with E-state index in [1.165, 1.54) is 13.8 Å². The van der Waals surface area contributed by atoms with E-state index in [-0.39, 0.29) is 24.0 Å². The first-order valence-corrected chi connectivity index (χ1v) is 8.64. The van der Waals surface area contributed by atoms with Gasteiger partial charge in [-0.3, -0.25) is 14.4 Å². The molecule has 0 unspecified atom stereocenters. The number of halogens is 1. The standard InChI is InChI=1S/C20H21ClN2O3/c1-14(24)17-5-9-19(10-6-17)22-20(26)11-12-23(15(2)25)13-16-3-7-18(21)8-4-16/h3-10H,11-13H2,1-2H3,(H,22,26). The molecule has 0 aliphatic rings. The Bertz CT molecular complexity index is 786. The Balaban J connectivity index is 1.89. The lowest BCUT2D eigenvalue weighted by molar-refractivity contribution is -0.129. The number of hydrogen-bond donors (Lipinski definition) is 1. The monoisotopic (exact) mass is 372 g/mol. The summed E-state index contributed by atoms with van der Waals surface area (Å²) >= 11 is 5.87. The van der Waals surface area contributed by atoms with E-state index in [2.05, 4.69) is 5.32 Å².